The number of nitrogens with zero attached hydrogens (tertiary/aromatic N) is 1. The first-order valence-electron chi connectivity index (χ1n) is 10.1. The summed E-state index contributed by atoms with van der Waals surface area (Å²) in [6.07, 6.45) is 1.01. The van der Waals surface area contributed by atoms with Gasteiger partial charge in [-0.05, 0) is 80.1 Å². The van der Waals surface area contributed by atoms with Crippen molar-refractivity contribution < 1.29 is 21.6 Å². The third-order valence-corrected chi connectivity index (χ3v) is 7.76. The molecule has 2 N–H and O–H groups in total. The zero-order valence-electron chi connectivity index (χ0n) is 18.7. The van der Waals surface area contributed by atoms with Crippen LogP contribution in [0.25, 0.3) is 0 Å². The van der Waals surface area contributed by atoms with Crippen molar-refractivity contribution in [2.45, 2.75) is 24.8 Å². The summed E-state index contributed by atoms with van der Waals surface area (Å²) >= 11 is 5.88. The van der Waals surface area contributed by atoms with Crippen molar-refractivity contribution in [2.75, 3.05) is 20.6 Å². The molecule has 1 atom stereocenters. The van der Waals surface area contributed by atoms with E-state index in [0.717, 1.165) is 16.1 Å². The third-order valence-electron chi connectivity index (χ3n) is 4.87. The molecule has 0 saturated heterocycles. The van der Waals surface area contributed by atoms with Crippen LogP contribution in [0.4, 0.5) is 17.1 Å². The van der Waals surface area contributed by atoms with Crippen LogP contribution < -0.4 is 14.3 Å². The predicted octanol–water partition coefficient (Wildman–Crippen LogP) is 4.24. The molecule has 0 saturated carbocycles. The van der Waals surface area contributed by atoms with E-state index in [1.54, 1.807) is 18.2 Å². The largest absolute Gasteiger partial charge is 0.324 e. The molecule has 3 aromatic carbocycles. The van der Waals surface area contributed by atoms with Crippen LogP contribution in [0.2, 0.25) is 5.02 Å². The number of aryl methyl sites for hydroxylation is 1. The minimum atomic E-state index is -3.83. The Labute approximate surface area is 204 Å². The highest BCUT2D eigenvalue weighted by Crippen LogP contribution is 2.24. The Morgan fingerprint density at radius 2 is 1.53 bits per heavy atom. The van der Waals surface area contributed by atoms with E-state index in [-0.39, 0.29) is 4.90 Å². The molecule has 0 aliphatic heterocycles. The number of carbonyl (C=O) groups excluding carboxylic acids is 1. The van der Waals surface area contributed by atoms with Gasteiger partial charge in [0.2, 0.25) is 15.9 Å². The van der Waals surface area contributed by atoms with Gasteiger partial charge >= 0.3 is 0 Å². The van der Waals surface area contributed by atoms with Gasteiger partial charge in [-0.3, -0.25) is 13.8 Å². The summed E-state index contributed by atoms with van der Waals surface area (Å²) in [5, 5.41) is 3.06. The lowest BCUT2D eigenvalue weighted by Gasteiger charge is -2.28. The highest BCUT2D eigenvalue weighted by atomic mass is 35.5. The second kappa shape index (κ2) is 10.0. The number of carbonyl (C=O) groups is 1. The van der Waals surface area contributed by atoms with Gasteiger partial charge in [-0.25, -0.2) is 16.8 Å². The first kappa shape index (κ1) is 25.5. The van der Waals surface area contributed by atoms with Gasteiger partial charge in [0.15, 0.2) is 0 Å². The normalized spacial score (nSPS) is 12.6. The van der Waals surface area contributed by atoms with Crippen molar-refractivity contribution in [3.05, 3.63) is 83.4 Å². The van der Waals surface area contributed by atoms with Crippen LogP contribution in [-0.4, -0.2) is 35.0 Å². The first-order chi connectivity index (χ1) is 15.9. The van der Waals surface area contributed by atoms with E-state index >= 15 is 0 Å². The molecular weight excluding hydrogens is 498 g/mol. The molecule has 0 unspecified atom stereocenters. The Hall–Kier alpha value is -3.08. The van der Waals surface area contributed by atoms with Crippen LogP contribution in [0.1, 0.15) is 12.5 Å². The fourth-order valence-corrected chi connectivity index (χ4v) is 5.63. The van der Waals surface area contributed by atoms with Crippen LogP contribution in [0.3, 0.4) is 0 Å². The zero-order valence-corrected chi connectivity index (χ0v) is 21.1. The smallest absolute Gasteiger partial charge is 0.261 e. The Bertz CT molecular complexity index is 1390. The molecule has 1 amide bonds. The molecule has 0 radical (unpaired) electrons. The molecule has 34 heavy (non-hydrogen) atoms. The standard InChI is InChI=1S/C23H24ClN3O5S2/c1-16-5-4-6-20(15-16)26-34(31,32)22-13-9-19(10-14-22)25-23(28)17(2)27(33(3,29)30)21-11-7-18(24)8-12-21/h4-15,17,26H,1-3H3,(H,25,28)/t17-/m0/s1. The molecule has 0 fully saturated rings. The lowest BCUT2D eigenvalue weighted by Crippen LogP contribution is -2.45. The fourth-order valence-electron chi connectivity index (χ4n) is 3.28. The van der Waals surface area contributed by atoms with Crippen molar-refractivity contribution in [1.82, 2.24) is 0 Å². The Morgan fingerprint density at radius 1 is 0.912 bits per heavy atom. The van der Waals surface area contributed by atoms with Gasteiger partial charge in [0.05, 0.1) is 16.8 Å². The van der Waals surface area contributed by atoms with E-state index in [1.165, 1.54) is 55.5 Å². The van der Waals surface area contributed by atoms with Crippen LogP contribution in [-0.2, 0) is 24.8 Å². The van der Waals surface area contributed by atoms with Crippen LogP contribution in [0.5, 0.6) is 0 Å². The molecular formula is C23H24ClN3O5S2. The number of halogens is 1. The second-order valence-electron chi connectivity index (χ2n) is 7.70. The molecule has 8 nitrogen and oxygen atoms in total. The van der Waals surface area contributed by atoms with E-state index in [0.29, 0.717) is 22.1 Å². The summed E-state index contributed by atoms with van der Waals surface area (Å²) in [5.41, 5.74) is 1.96. The molecule has 3 rings (SSSR count). The molecule has 0 aliphatic rings. The highest BCUT2D eigenvalue weighted by Gasteiger charge is 2.29. The summed E-state index contributed by atoms with van der Waals surface area (Å²) in [6, 6.07) is 17.5. The van der Waals surface area contributed by atoms with Crippen LogP contribution in [0.15, 0.2) is 77.7 Å². The van der Waals surface area contributed by atoms with Gasteiger partial charge < -0.3 is 5.32 Å². The average Bonchev–Trinajstić information content (AvgIpc) is 2.74. The molecule has 3 aromatic rings. The van der Waals surface area contributed by atoms with Crippen molar-refractivity contribution in [3.8, 4) is 0 Å². The number of hydrogen-bond donors (Lipinski definition) is 2. The third kappa shape index (κ3) is 6.28. The Balaban J connectivity index is 1.76. The molecule has 0 aromatic heterocycles. The van der Waals surface area contributed by atoms with E-state index in [9.17, 15) is 21.6 Å². The maximum atomic E-state index is 12.8. The average molecular weight is 522 g/mol. The lowest BCUT2D eigenvalue weighted by atomic mass is 10.2. The van der Waals surface area contributed by atoms with E-state index < -0.39 is 32.0 Å². The van der Waals surface area contributed by atoms with Crippen molar-refractivity contribution in [3.63, 3.8) is 0 Å². The van der Waals surface area contributed by atoms with E-state index in [4.69, 9.17) is 11.6 Å². The molecule has 0 heterocycles. The summed E-state index contributed by atoms with van der Waals surface area (Å²) in [6.45, 7) is 3.31. The molecule has 180 valence electrons. The first-order valence-corrected chi connectivity index (χ1v) is 13.8. The quantitative estimate of drug-likeness (QED) is 0.460. The number of anilines is 3. The van der Waals surface area contributed by atoms with Crippen molar-refractivity contribution >= 4 is 54.6 Å². The monoisotopic (exact) mass is 521 g/mol. The van der Waals surface area contributed by atoms with Crippen molar-refractivity contribution in [1.29, 1.82) is 0 Å². The number of rotatable bonds is 8. The SMILES string of the molecule is Cc1cccc(NS(=O)(=O)c2ccc(NC(=O)[C@H](C)N(c3ccc(Cl)cc3)S(C)(=O)=O)cc2)c1. The lowest BCUT2D eigenvalue weighted by molar-refractivity contribution is -0.116. The van der Waals surface area contributed by atoms with Crippen LogP contribution in [0, 0.1) is 6.92 Å². The van der Waals surface area contributed by atoms with E-state index in [2.05, 4.69) is 10.0 Å². The fraction of sp³-hybridized carbons (Fsp3) is 0.174. The Morgan fingerprint density at radius 3 is 2.09 bits per heavy atom. The van der Waals surface area contributed by atoms with Gasteiger partial charge in [-0.15, -0.1) is 0 Å². The minimum Gasteiger partial charge on any atom is -0.324 e. The number of amides is 1. The van der Waals surface area contributed by atoms with Gasteiger partial charge in [-0.2, -0.15) is 0 Å². The van der Waals surface area contributed by atoms with Gasteiger partial charge in [-0.1, -0.05) is 23.7 Å². The summed E-state index contributed by atoms with van der Waals surface area (Å²) < 4.78 is 53.6. The molecule has 0 spiro atoms. The second-order valence-corrected chi connectivity index (χ2v) is 11.7. The van der Waals surface area contributed by atoms with Gasteiger partial charge in [0.1, 0.15) is 6.04 Å². The number of nitrogens with one attached hydrogen (secondary N) is 2. The predicted molar refractivity (Wildman–Crippen MR) is 135 cm³/mol. The molecule has 11 heteroatoms. The summed E-state index contributed by atoms with van der Waals surface area (Å²) in [7, 11) is -7.61. The number of hydrogen-bond acceptors (Lipinski definition) is 5. The topological polar surface area (TPSA) is 113 Å². The van der Waals surface area contributed by atoms with Gasteiger partial charge in [0, 0.05) is 16.4 Å². The number of benzene rings is 3. The van der Waals surface area contributed by atoms with Crippen LogP contribution >= 0.6 is 11.6 Å². The number of sulfonamides is 2. The van der Waals surface area contributed by atoms with Crippen molar-refractivity contribution in [2.24, 2.45) is 0 Å². The maximum absolute atomic E-state index is 12.8. The Kier molecular flexibility index (Phi) is 7.54. The molecule has 0 bridgehead atoms. The summed E-state index contributed by atoms with van der Waals surface area (Å²) in [5.74, 6) is -0.589. The van der Waals surface area contributed by atoms with Gasteiger partial charge in [0.25, 0.3) is 10.0 Å². The van der Waals surface area contributed by atoms with E-state index in [1.807, 2.05) is 13.0 Å². The summed E-state index contributed by atoms with van der Waals surface area (Å²) in [4.78, 5) is 12.8. The molecule has 0 aliphatic carbocycles. The maximum Gasteiger partial charge on any atom is 0.261 e. The zero-order chi connectivity index (χ0) is 25.1. The minimum absolute atomic E-state index is 0.0129. The highest BCUT2D eigenvalue weighted by molar-refractivity contribution is 7.92.